The van der Waals surface area contributed by atoms with E-state index in [9.17, 15) is 18.3 Å². The van der Waals surface area contributed by atoms with E-state index in [1.807, 2.05) is 4.90 Å². The van der Waals surface area contributed by atoms with E-state index in [1.54, 1.807) is 6.92 Å². The van der Waals surface area contributed by atoms with E-state index in [2.05, 4.69) is 28.3 Å². The number of nitrogens with two attached hydrogens (primary N) is 1. The summed E-state index contributed by atoms with van der Waals surface area (Å²) in [5, 5.41) is 10.9. The SMILES string of the molecule is C=C1CN2CCC[C@@]2(COc2nc3c(c(N4CCOCC(C)(O)C4)n2)COC(c2c(F)c(N)cc(C#CC)c2C(F)(F)F)C3)C1. The standard InChI is InChI=1S/C32H37F4N5O4/c1-4-6-20-11-22(37)27(33)25(26(20)32(34,35)36)24-12-23-21(15-44-24)28(40-9-10-43-17-30(3,42)16-40)39-29(38-23)45-18-31-7-5-8-41(31)14-19(2)13-31/h11,24,42H,2,5,7-10,12-18,37H2,1,3H3/t24?,30?,31-/m0/s1. The molecule has 0 amide bonds. The Hall–Kier alpha value is -3.44. The normalized spacial score (nSPS) is 27.0. The van der Waals surface area contributed by atoms with Crippen molar-refractivity contribution in [2.45, 2.75) is 69.6 Å². The van der Waals surface area contributed by atoms with Crippen LogP contribution in [0.25, 0.3) is 0 Å². The van der Waals surface area contributed by atoms with Gasteiger partial charge >= 0.3 is 12.2 Å². The summed E-state index contributed by atoms with van der Waals surface area (Å²) >= 11 is 0. The van der Waals surface area contributed by atoms with Gasteiger partial charge in [0.15, 0.2) is 5.82 Å². The Morgan fingerprint density at radius 1 is 1.29 bits per heavy atom. The van der Waals surface area contributed by atoms with Gasteiger partial charge in [0.25, 0.3) is 0 Å². The number of β-amino-alcohol motifs (C(OH)–C–C–N with tert-alkyl or cyclic N) is 1. The molecule has 2 aromatic rings. The van der Waals surface area contributed by atoms with Crippen molar-refractivity contribution in [3.63, 3.8) is 0 Å². The molecule has 45 heavy (non-hydrogen) atoms. The Labute approximate surface area is 259 Å². The maximum atomic E-state index is 15.5. The Balaban J connectivity index is 1.41. The molecule has 0 saturated carbocycles. The number of halogens is 4. The van der Waals surface area contributed by atoms with Crippen LogP contribution in [0.15, 0.2) is 18.2 Å². The highest BCUT2D eigenvalue weighted by Crippen LogP contribution is 2.45. The van der Waals surface area contributed by atoms with Gasteiger partial charge in [-0.05, 0) is 45.7 Å². The molecule has 3 fully saturated rings. The van der Waals surface area contributed by atoms with Crippen LogP contribution in [-0.4, -0.2) is 77.1 Å². The first-order valence-corrected chi connectivity index (χ1v) is 15.0. The lowest BCUT2D eigenvalue weighted by Crippen LogP contribution is -2.44. The number of nitrogen functional groups attached to an aromatic ring is 1. The second-order valence-corrected chi connectivity index (χ2v) is 12.7. The predicted molar refractivity (Wildman–Crippen MR) is 158 cm³/mol. The number of fused-ring (bicyclic) bond motifs is 2. The van der Waals surface area contributed by atoms with Crippen LogP contribution >= 0.6 is 0 Å². The quantitative estimate of drug-likeness (QED) is 0.218. The maximum absolute atomic E-state index is 15.5. The lowest BCUT2D eigenvalue weighted by Gasteiger charge is -2.34. The molecular weight excluding hydrogens is 594 g/mol. The molecule has 4 aliphatic rings. The van der Waals surface area contributed by atoms with E-state index in [-0.39, 0.29) is 37.7 Å². The number of ether oxygens (including phenoxy) is 3. The van der Waals surface area contributed by atoms with Crippen molar-refractivity contribution in [1.29, 1.82) is 0 Å². The van der Waals surface area contributed by atoms with Crippen molar-refractivity contribution in [3.05, 3.63) is 52.0 Å². The van der Waals surface area contributed by atoms with Crippen molar-refractivity contribution >= 4 is 11.5 Å². The largest absolute Gasteiger partial charge is 0.461 e. The van der Waals surface area contributed by atoms with Gasteiger partial charge in [0.2, 0.25) is 0 Å². The molecule has 4 aliphatic heterocycles. The molecule has 1 aromatic carbocycles. The van der Waals surface area contributed by atoms with E-state index in [1.165, 1.54) is 6.92 Å². The fourth-order valence-corrected chi connectivity index (χ4v) is 7.11. The van der Waals surface area contributed by atoms with Crippen LogP contribution in [0.3, 0.4) is 0 Å². The van der Waals surface area contributed by atoms with Gasteiger partial charge in [-0.2, -0.15) is 23.1 Å². The summed E-state index contributed by atoms with van der Waals surface area (Å²) in [6, 6.07) is 0.951. The van der Waals surface area contributed by atoms with Crippen molar-refractivity contribution in [2.24, 2.45) is 0 Å². The third kappa shape index (κ3) is 6.08. The first-order valence-electron chi connectivity index (χ1n) is 15.0. The Kier molecular flexibility index (Phi) is 8.22. The topological polar surface area (TPSA) is 106 Å². The number of hydrogen-bond donors (Lipinski definition) is 2. The lowest BCUT2D eigenvalue weighted by molar-refractivity contribution is -0.140. The van der Waals surface area contributed by atoms with Gasteiger partial charge in [0.05, 0.1) is 55.0 Å². The second-order valence-electron chi connectivity index (χ2n) is 12.7. The molecule has 242 valence electrons. The van der Waals surface area contributed by atoms with Gasteiger partial charge in [-0.1, -0.05) is 18.1 Å². The zero-order chi connectivity index (χ0) is 32.1. The summed E-state index contributed by atoms with van der Waals surface area (Å²) in [6.07, 6.45) is -3.71. The van der Waals surface area contributed by atoms with Gasteiger partial charge in [0, 0.05) is 36.2 Å². The van der Waals surface area contributed by atoms with Crippen LogP contribution in [-0.2, 0) is 28.7 Å². The fourth-order valence-electron chi connectivity index (χ4n) is 7.11. The number of hydrogen-bond acceptors (Lipinski definition) is 9. The van der Waals surface area contributed by atoms with Gasteiger partial charge in [-0.15, -0.1) is 5.92 Å². The molecule has 3 N–H and O–H groups in total. The van der Waals surface area contributed by atoms with E-state index >= 15 is 4.39 Å². The van der Waals surface area contributed by atoms with Crippen LogP contribution in [0.2, 0.25) is 0 Å². The maximum Gasteiger partial charge on any atom is 0.418 e. The second kappa shape index (κ2) is 11.7. The van der Waals surface area contributed by atoms with Gasteiger partial charge in [-0.3, -0.25) is 4.90 Å². The number of alkyl halides is 3. The summed E-state index contributed by atoms with van der Waals surface area (Å²) in [5.41, 5.74) is 3.65. The van der Waals surface area contributed by atoms with Gasteiger partial charge in [-0.25, -0.2) is 4.39 Å². The Morgan fingerprint density at radius 3 is 2.84 bits per heavy atom. The summed E-state index contributed by atoms with van der Waals surface area (Å²) in [5.74, 6) is 4.10. The minimum atomic E-state index is -4.92. The molecule has 1 aromatic heterocycles. The van der Waals surface area contributed by atoms with Gasteiger partial charge < -0.3 is 30.0 Å². The number of anilines is 2. The minimum Gasteiger partial charge on any atom is -0.461 e. The Morgan fingerprint density at radius 2 is 2.09 bits per heavy atom. The van der Waals surface area contributed by atoms with Crippen LogP contribution in [0, 0.1) is 17.7 Å². The number of aromatic nitrogens is 2. The average Bonchev–Trinajstić information content (AvgIpc) is 3.42. The molecule has 0 aliphatic carbocycles. The highest BCUT2D eigenvalue weighted by molar-refractivity contribution is 5.59. The third-order valence-electron chi connectivity index (χ3n) is 9.01. The average molecular weight is 632 g/mol. The molecule has 0 bridgehead atoms. The third-order valence-corrected chi connectivity index (χ3v) is 9.01. The van der Waals surface area contributed by atoms with Crippen LogP contribution < -0.4 is 15.4 Å². The van der Waals surface area contributed by atoms with E-state index < -0.39 is 46.1 Å². The van der Waals surface area contributed by atoms with Crippen LogP contribution in [0.4, 0.5) is 29.1 Å². The van der Waals surface area contributed by atoms with E-state index in [4.69, 9.17) is 24.9 Å². The summed E-state index contributed by atoms with van der Waals surface area (Å²) in [7, 11) is 0. The van der Waals surface area contributed by atoms with Crippen molar-refractivity contribution in [2.75, 3.05) is 56.6 Å². The monoisotopic (exact) mass is 631 g/mol. The van der Waals surface area contributed by atoms with Crippen LogP contribution in [0.5, 0.6) is 6.01 Å². The van der Waals surface area contributed by atoms with Crippen molar-refractivity contribution < 1.29 is 36.9 Å². The fraction of sp³-hybridized carbons (Fsp3) is 0.562. The molecule has 0 radical (unpaired) electrons. The first-order chi connectivity index (χ1) is 21.3. The van der Waals surface area contributed by atoms with E-state index in [0.29, 0.717) is 36.8 Å². The smallest absolute Gasteiger partial charge is 0.418 e. The first kappa shape index (κ1) is 31.5. The predicted octanol–water partition coefficient (Wildman–Crippen LogP) is 4.16. The molecule has 5 heterocycles. The number of nitrogens with zero attached hydrogens (tertiary/aromatic N) is 4. The molecule has 3 saturated heterocycles. The summed E-state index contributed by atoms with van der Waals surface area (Å²) in [4.78, 5) is 13.6. The van der Waals surface area contributed by atoms with Crippen LogP contribution in [0.1, 0.15) is 67.2 Å². The molecule has 13 heteroatoms. The molecule has 9 nitrogen and oxygen atoms in total. The van der Waals surface area contributed by atoms with E-state index in [0.717, 1.165) is 44.0 Å². The zero-order valence-electron chi connectivity index (χ0n) is 25.4. The van der Waals surface area contributed by atoms with Gasteiger partial charge in [0.1, 0.15) is 18.0 Å². The zero-order valence-corrected chi connectivity index (χ0v) is 25.4. The molecular formula is C32H37F4N5O4. The minimum absolute atomic E-state index is 0.0505. The highest BCUT2D eigenvalue weighted by Gasteiger charge is 2.47. The highest BCUT2D eigenvalue weighted by atomic mass is 19.4. The molecule has 6 rings (SSSR count). The summed E-state index contributed by atoms with van der Waals surface area (Å²) in [6.45, 7) is 10.1. The molecule has 0 spiro atoms. The number of rotatable bonds is 5. The summed E-state index contributed by atoms with van der Waals surface area (Å²) < 4.78 is 76.7. The van der Waals surface area contributed by atoms with Crippen molar-refractivity contribution in [1.82, 2.24) is 14.9 Å². The molecule has 3 atom stereocenters. The number of benzene rings is 1. The van der Waals surface area contributed by atoms with Crippen molar-refractivity contribution in [3.8, 4) is 17.9 Å². The number of aliphatic hydroxyl groups is 1. The lowest BCUT2D eigenvalue weighted by atomic mass is 9.90. The Bertz CT molecular complexity index is 1570. The molecule has 2 unspecified atom stereocenters.